The molecule has 1 N–H and O–H groups in total. The molecule has 0 aromatic heterocycles. The molecule has 1 aromatic carbocycles. The molecule has 0 saturated carbocycles. The van der Waals surface area contributed by atoms with Crippen LogP contribution in [0.1, 0.15) is 43.9 Å². The van der Waals surface area contributed by atoms with Crippen molar-refractivity contribution >= 4 is 0 Å². The molecule has 1 heteroatoms. The fourth-order valence-corrected chi connectivity index (χ4v) is 2.17. The molecule has 1 unspecified atom stereocenters. The maximum Gasteiger partial charge on any atom is -0.00258 e. The average molecular weight is 247 g/mol. The third-order valence-electron chi connectivity index (χ3n) is 3.52. The van der Waals surface area contributed by atoms with Crippen molar-refractivity contribution in [2.45, 2.75) is 47.5 Å². The van der Waals surface area contributed by atoms with Crippen LogP contribution in [0.2, 0.25) is 0 Å². The van der Waals surface area contributed by atoms with Gasteiger partial charge in [-0.1, -0.05) is 39.0 Å². The van der Waals surface area contributed by atoms with Crippen LogP contribution >= 0.6 is 0 Å². The Bertz CT molecular complexity index is 355. The first kappa shape index (κ1) is 15.2. The normalized spacial score (nSPS) is 13.0. The van der Waals surface area contributed by atoms with Crippen LogP contribution < -0.4 is 5.32 Å². The largest absolute Gasteiger partial charge is 0.316 e. The molecule has 0 amide bonds. The maximum atomic E-state index is 3.52. The smallest absolute Gasteiger partial charge is 0.00258 e. The van der Waals surface area contributed by atoms with Gasteiger partial charge in [-0.15, -0.1) is 0 Å². The molecular formula is C17H29N. The minimum absolute atomic E-state index is 0.750. The van der Waals surface area contributed by atoms with Crippen LogP contribution in [0.15, 0.2) is 18.2 Å². The summed E-state index contributed by atoms with van der Waals surface area (Å²) < 4.78 is 0. The van der Waals surface area contributed by atoms with Crippen LogP contribution in [0, 0.1) is 25.7 Å². The van der Waals surface area contributed by atoms with Crippen molar-refractivity contribution in [2.75, 3.05) is 13.1 Å². The van der Waals surface area contributed by atoms with E-state index in [4.69, 9.17) is 0 Å². The molecule has 0 fully saturated rings. The van der Waals surface area contributed by atoms with E-state index in [1.54, 1.807) is 0 Å². The summed E-state index contributed by atoms with van der Waals surface area (Å²) in [6, 6.07) is 6.86. The Morgan fingerprint density at radius 2 is 1.78 bits per heavy atom. The molecule has 0 aliphatic heterocycles. The highest BCUT2D eigenvalue weighted by atomic mass is 14.8. The lowest BCUT2D eigenvalue weighted by Gasteiger charge is -2.14. The van der Waals surface area contributed by atoms with Crippen molar-refractivity contribution in [3.8, 4) is 0 Å². The molecule has 0 aliphatic rings. The van der Waals surface area contributed by atoms with Crippen LogP contribution in [0.4, 0.5) is 0 Å². The van der Waals surface area contributed by atoms with E-state index in [0.717, 1.165) is 24.9 Å². The standard InChI is InChI=1S/C17H29N/c1-13(2)12-18-9-8-14(3)10-17-7-6-15(4)16(5)11-17/h6-7,11,13-14,18H,8-10,12H2,1-5H3. The fraction of sp³-hybridized carbons (Fsp3) is 0.647. The molecule has 18 heavy (non-hydrogen) atoms. The molecule has 0 radical (unpaired) electrons. The molecule has 1 atom stereocenters. The van der Waals surface area contributed by atoms with E-state index in [2.05, 4.69) is 58.1 Å². The maximum absolute atomic E-state index is 3.52. The van der Waals surface area contributed by atoms with Gasteiger partial charge in [0.2, 0.25) is 0 Å². The van der Waals surface area contributed by atoms with Gasteiger partial charge in [-0.05, 0) is 68.3 Å². The SMILES string of the molecule is Cc1ccc(CC(C)CCNCC(C)C)cc1C. The Hall–Kier alpha value is -0.820. The van der Waals surface area contributed by atoms with Crippen LogP contribution in [0.3, 0.4) is 0 Å². The Morgan fingerprint density at radius 3 is 2.39 bits per heavy atom. The Labute approximate surface area is 113 Å². The topological polar surface area (TPSA) is 12.0 Å². The molecule has 0 saturated heterocycles. The minimum Gasteiger partial charge on any atom is -0.316 e. The number of nitrogens with one attached hydrogen (secondary N) is 1. The van der Waals surface area contributed by atoms with Crippen LogP contribution in [-0.4, -0.2) is 13.1 Å². The summed E-state index contributed by atoms with van der Waals surface area (Å²) in [6.07, 6.45) is 2.46. The van der Waals surface area contributed by atoms with Crippen LogP contribution in [0.5, 0.6) is 0 Å². The Morgan fingerprint density at radius 1 is 1.06 bits per heavy atom. The molecule has 1 nitrogen and oxygen atoms in total. The van der Waals surface area contributed by atoms with Gasteiger partial charge in [-0.3, -0.25) is 0 Å². The number of benzene rings is 1. The van der Waals surface area contributed by atoms with E-state index in [0.29, 0.717) is 0 Å². The van der Waals surface area contributed by atoms with Crippen LogP contribution in [0.25, 0.3) is 0 Å². The van der Waals surface area contributed by atoms with E-state index < -0.39 is 0 Å². The van der Waals surface area contributed by atoms with Crippen molar-refractivity contribution in [1.29, 1.82) is 0 Å². The lowest BCUT2D eigenvalue weighted by atomic mass is 9.95. The third kappa shape index (κ3) is 5.68. The summed E-state index contributed by atoms with van der Waals surface area (Å²) in [4.78, 5) is 0. The quantitative estimate of drug-likeness (QED) is 0.715. The summed E-state index contributed by atoms with van der Waals surface area (Å²) in [7, 11) is 0. The van der Waals surface area contributed by atoms with Crippen molar-refractivity contribution in [3.63, 3.8) is 0 Å². The second-order valence-corrected chi connectivity index (χ2v) is 6.11. The summed E-state index contributed by atoms with van der Waals surface area (Å²) in [5.74, 6) is 1.51. The summed E-state index contributed by atoms with van der Waals surface area (Å²) >= 11 is 0. The predicted octanol–water partition coefficient (Wildman–Crippen LogP) is 4.12. The first-order chi connectivity index (χ1) is 8.49. The number of rotatable bonds is 7. The summed E-state index contributed by atoms with van der Waals surface area (Å²) in [6.45, 7) is 13.5. The van der Waals surface area contributed by atoms with Gasteiger partial charge in [-0.25, -0.2) is 0 Å². The van der Waals surface area contributed by atoms with Crippen molar-refractivity contribution in [2.24, 2.45) is 11.8 Å². The zero-order valence-corrected chi connectivity index (χ0v) is 12.7. The van der Waals surface area contributed by atoms with Gasteiger partial charge in [0.25, 0.3) is 0 Å². The van der Waals surface area contributed by atoms with Crippen molar-refractivity contribution < 1.29 is 0 Å². The van der Waals surface area contributed by atoms with Gasteiger partial charge in [0, 0.05) is 0 Å². The predicted molar refractivity (Wildman–Crippen MR) is 81.1 cm³/mol. The zero-order valence-electron chi connectivity index (χ0n) is 12.7. The van der Waals surface area contributed by atoms with E-state index in [-0.39, 0.29) is 0 Å². The van der Waals surface area contributed by atoms with Gasteiger partial charge in [0.15, 0.2) is 0 Å². The van der Waals surface area contributed by atoms with Gasteiger partial charge in [0.1, 0.15) is 0 Å². The average Bonchev–Trinajstić information content (AvgIpc) is 2.29. The molecular weight excluding hydrogens is 218 g/mol. The van der Waals surface area contributed by atoms with Crippen LogP contribution in [-0.2, 0) is 6.42 Å². The highest BCUT2D eigenvalue weighted by Gasteiger charge is 2.05. The number of hydrogen-bond donors (Lipinski definition) is 1. The Balaban J connectivity index is 2.31. The monoisotopic (exact) mass is 247 g/mol. The van der Waals surface area contributed by atoms with Gasteiger partial charge >= 0.3 is 0 Å². The first-order valence-corrected chi connectivity index (χ1v) is 7.26. The third-order valence-corrected chi connectivity index (χ3v) is 3.52. The highest BCUT2D eigenvalue weighted by Crippen LogP contribution is 2.15. The second kappa shape index (κ2) is 7.58. The minimum atomic E-state index is 0.750. The fourth-order valence-electron chi connectivity index (χ4n) is 2.17. The van der Waals surface area contributed by atoms with Crippen molar-refractivity contribution in [1.82, 2.24) is 5.32 Å². The molecule has 102 valence electrons. The second-order valence-electron chi connectivity index (χ2n) is 6.11. The van der Waals surface area contributed by atoms with E-state index in [1.807, 2.05) is 0 Å². The van der Waals surface area contributed by atoms with Crippen molar-refractivity contribution in [3.05, 3.63) is 34.9 Å². The van der Waals surface area contributed by atoms with Gasteiger partial charge in [0.05, 0.1) is 0 Å². The molecule has 1 rings (SSSR count). The zero-order chi connectivity index (χ0) is 13.5. The van der Waals surface area contributed by atoms with E-state index >= 15 is 0 Å². The highest BCUT2D eigenvalue weighted by molar-refractivity contribution is 5.30. The lowest BCUT2D eigenvalue weighted by Crippen LogP contribution is -2.22. The molecule has 0 bridgehead atoms. The van der Waals surface area contributed by atoms with Gasteiger partial charge in [-0.2, -0.15) is 0 Å². The molecule has 1 aromatic rings. The Kier molecular flexibility index (Phi) is 6.42. The molecule has 0 aliphatic carbocycles. The summed E-state index contributed by atoms with van der Waals surface area (Å²) in [5, 5.41) is 3.52. The lowest BCUT2D eigenvalue weighted by molar-refractivity contribution is 0.474. The number of hydrogen-bond acceptors (Lipinski definition) is 1. The first-order valence-electron chi connectivity index (χ1n) is 7.26. The van der Waals surface area contributed by atoms with E-state index in [1.165, 1.54) is 29.5 Å². The molecule has 0 spiro atoms. The number of aryl methyl sites for hydroxylation is 2. The van der Waals surface area contributed by atoms with Gasteiger partial charge < -0.3 is 5.32 Å². The van der Waals surface area contributed by atoms with E-state index in [9.17, 15) is 0 Å². The molecule has 0 heterocycles. The summed E-state index contributed by atoms with van der Waals surface area (Å²) in [5.41, 5.74) is 4.29.